The van der Waals surface area contributed by atoms with Gasteiger partial charge in [-0.1, -0.05) is 0 Å². The first-order chi connectivity index (χ1) is 7.46. The number of thiocarbonyl (C=S) groups is 1. The fourth-order valence-electron chi connectivity index (χ4n) is 1.11. The molecule has 0 bridgehead atoms. The molecule has 1 unspecified atom stereocenters. The van der Waals surface area contributed by atoms with Crippen molar-refractivity contribution in [2.45, 2.75) is 12.1 Å². The van der Waals surface area contributed by atoms with Crippen LogP contribution in [0.25, 0.3) is 0 Å². The molecule has 0 spiro atoms. The second-order valence-electron chi connectivity index (χ2n) is 3.24. The highest BCUT2D eigenvalue weighted by Gasteiger charge is 2.23. The van der Waals surface area contributed by atoms with Crippen LogP contribution in [0.1, 0.15) is 0 Å². The molecule has 1 heterocycles. The van der Waals surface area contributed by atoms with Crippen molar-refractivity contribution in [3.63, 3.8) is 0 Å². The highest BCUT2D eigenvalue weighted by Crippen LogP contribution is 2.08. The Morgan fingerprint density at radius 1 is 1.56 bits per heavy atom. The Morgan fingerprint density at radius 3 is 2.62 bits per heavy atom. The molecular weight excluding hydrogens is 293 g/mol. The summed E-state index contributed by atoms with van der Waals surface area (Å²) in [6.45, 7) is 0. The van der Waals surface area contributed by atoms with E-state index < -0.39 is 9.84 Å². The van der Waals surface area contributed by atoms with Crippen LogP contribution in [-0.2, 0) is 14.6 Å². The molecule has 1 aliphatic heterocycles. The molecule has 8 heteroatoms. The Morgan fingerprint density at radius 2 is 2.19 bits per heavy atom. The third-order valence-electron chi connectivity index (χ3n) is 1.85. The Bertz CT molecular complexity index is 379. The van der Waals surface area contributed by atoms with Gasteiger partial charge >= 0.3 is 0 Å². The summed E-state index contributed by atoms with van der Waals surface area (Å²) < 4.78 is 27.4. The first-order valence-electron chi connectivity index (χ1n) is 4.47. The van der Waals surface area contributed by atoms with Crippen molar-refractivity contribution in [1.82, 2.24) is 5.32 Å². The predicted molar refractivity (Wildman–Crippen MR) is 68.8 cm³/mol. The van der Waals surface area contributed by atoms with E-state index in [-0.39, 0.29) is 34.8 Å². The first kappa shape index (κ1) is 14.0. The quantitative estimate of drug-likeness (QED) is 0.621. The number of ether oxygens (including phenoxy) is 1. The molecule has 4 nitrogen and oxygen atoms in total. The number of hydrogen-bond acceptors (Lipinski definition) is 4. The highest BCUT2D eigenvalue weighted by molar-refractivity contribution is 7.94. The summed E-state index contributed by atoms with van der Waals surface area (Å²) in [5.74, 6) is 0.442. The van der Waals surface area contributed by atoms with Gasteiger partial charge in [0.15, 0.2) is 9.84 Å². The van der Waals surface area contributed by atoms with Crippen LogP contribution < -0.4 is 5.32 Å². The van der Waals surface area contributed by atoms with Crippen molar-refractivity contribution in [3.8, 4) is 0 Å². The van der Waals surface area contributed by atoms with E-state index in [1.807, 2.05) is 0 Å². The summed E-state index contributed by atoms with van der Waals surface area (Å²) in [5, 5.41) is 4.03. The van der Waals surface area contributed by atoms with E-state index in [0.29, 0.717) is 0 Å². The lowest BCUT2D eigenvalue weighted by Gasteiger charge is -2.17. The van der Waals surface area contributed by atoms with E-state index in [0.717, 1.165) is 5.41 Å². The molecule has 0 aromatic carbocycles. The average Bonchev–Trinajstić information content (AvgIpc) is 2.54. The van der Waals surface area contributed by atoms with E-state index in [1.165, 1.54) is 6.08 Å². The SMILES string of the molecule is O=S1(=O)C=CC(NC(=S)OC(CCl)CCl)C1. The standard InChI is InChI=1S/C8H11Cl2NO3S2/c9-3-7(4-10)14-8(15)11-6-1-2-16(12,13)5-6/h1-2,6-7H,3-5H2,(H,11,15). The van der Waals surface area contributed by atoms with Gasteiger partial charge in [0.05, 0.1) is 23.6 Å². The van der Waals surface area contributed by atoms with Crippen molar-refractivity contribution in [2.24, 2.45) is 0 Å². The number of halogens is 2. The smallest absolute Gasteiger partial charge is 0.257 e. The maximum atomic E-state index is 11.1. The van der Waals surface area contributed by atoms with Crippen molar-refractivity contribution in [2.75, 3.05) is 17.5 Å². The summed E-state index contributed by atoms with van der Waals surface area (Å²) in [6, 6.07) is -0.344. The molecule has 0 saturated heterocycles. The van der Waals surface area contributed by atoms with Crippen LogP contribution in [0.5, 0.6) is 0 Å². The summed E-state index contributed by atoms with van der Waals surface area (Å²) in [7, 11) is -3.09. The van der Waals surface area contributed by atoms with Gasteiger partial charge in [0.1, 0.15) is 6.10 Å². The van der Waals surface area contributed by atoms with E-state index in [4.69, 9.17) is 40.2 Å². The summed E-state index contributed by atoms with van der Waals surface area (Å²) in [4.78, 5) is 0. The van der Waals surface area contributed by atoms with Gasteiger partial charge in [-0.2, -0.15) is 0 Å². The zero-order valence-electron chi connectivity index (χ0n) is 8.23. The first-order valence-corrected chi connectivity index (χ1v) is 7.66. The fourth-order valence-corrected chi connectivity index (χ4v) is 3.09. The third-order valence-corrected chi connectivity index (χ3v) is 4.15. The maximum Gasteiger partial charge on any atom is 0.257 e. The lowest BCUT2D eigenvalue weighted by Crippen LogP contribution is -2.38. The van der Waals surface area contributed by atoms with Crippen LogP contribution in [0.3, 0.4) is 0 Å². The van der Waals surface area contributed by atoms with Crippen LogP contribution in [0.15, 0.2) is 11.5 Å². The molecule has 0 fully saturated rings. The zero-order chi connectivity index (χ0) is 12.2. The van der Waals surface area contributed by atoms with Gasteiger partial charge in [-0.15, -0.1) is 23.2 Å². The number of sulfone groups is 1. The second kappa shape index (κ2) is 6.05. The van der Waals surface area contributed by atoms with Crippen LogP contribution in [0.4, 0.5) is 0 Å². The molecule has 0 saturated carbocycles. The van der Waals surface area contributed by atoms with Crippen molar-refractivity contribution in [3.05, 3.63) is 11.5 Å². The number of alkyl halides is 2. The molecule has 0 amide bonds. The van der Waals surface area contributed by atoms with Crippen LogP contribution in [0, 0.1) is 0 Å². The lowest BCUT2D eigenvalue weighted by molar-refractivity contribution is 0.229. The topological polar surface area (TPSA) is 55.4 Å². The number of hydrogen-bond donors (Lipinski definition) is 1. The Labute approximate surface area is 110 Å². The molecule has 1 aliphatic rings. The number of nitrogens with one attached hydrogen (secondary N) is 1. The average molecular weight is 304 g/mol. The summed E-state index contributed by atoms with van der Waals surface area (Å²) in [6.07, 6.45) is 1.16. The molecule has 92 valence electrons. The van der Waals surface area contributed by atoms with E-state index in [2.05, 4.69) is 5.32 Å². The monoisotopic (exact) mass is 303 g/mol. The van der Waals surface area contributed by atoms with E-state index in [1.54, 1.807) is 0 Å². The Hall–Kier alpha value is -0.0400. The molecule has 16 heavy (non-hydrogen) atoms. The minimum absolute atomic E-state index is 0.0110. The van der Waals surface area contributed by atoms with Gasteiger partial charge in [-0.25, -0.2) is 8.42 Å². The second-order valence-corrected chi connectivity index (χ2v) is 6.16. The Kier molecular flexibility index (Phi) is 5.30. The molecule has 1 N–H and O–H groups in total. The van der Waals surface area contributed by atoms with Gasteiger partial charge in [0, 0.05) is 5.41 Å². The normalized spacial score (nSPS) is 22.3. The van der Waals surface area contributed by atoms with E-state index >= 15 is 0 Å². The van der Waals surface area contributed by atoms with Gasteiger partial charge < -0.3 is 10.1 Å². The molecule has 0 aliphatic carbocycles. The van der Waals surface area contributed by atoms with Gasteiger partial charge in [-0.3, -0.25) is 0 Å². The minimum Gasteiger partial charge on any atom is -0.465 e. The summed E-state index contributed by atoms with van der Waals surface area (Å²) in [5.41, 5.74) is 0. The van der Waals surface area contributed by atoms with Gasteiger partial charge in [0.25, 0.3) is 5.17 Å². The van der Waals surface area contributed by atoms with Crippen LogP contribution in [-0.4, -0.2) is 43.3 Å². The molecule has 1 atom stereocenters. The predicted octanol–water partition coefficient (Wildman–Crippen LogP) is 1.03. The molecule has 0 radical (unpaired) electrons. The minimum atomic E-state index is -3.09. The largest absolute Gasteiger partial charge is 0.465 e. The Balaban J connectivity index is 2.39. The lowest BCUT2D eigenvalue weighted by atomic mass is 10.3. The van der Waals surface area contributed by atoms with E-state index in [9.17, 15) is 8.42 Å². The van der Waals surface area contributed by atoms with Gasteiger partial charge in [0.2, 0.25) is 0 Å². The van der Waals surface area contributed by atoms with Crippen molar-refractivity contribution in [1.29, 1.82) is 0 Å². The molecule has 0 aromatic rings. The fraction of sp³-hybridized carbons (Fsp3) is 0.625. The maximum absolute atomic E-state index is 11.1. The van der Waals surface area contributed by atoms with Crippen LogP contribution >= 0.6 is 35.4 Å². The zero-order valence-corrected chi connectivity index (χ0v) is 11.4. The van der Waals surface area contributed by atoms with Gasteiger partial charge in [-0.05, 0) is 18.3 Å². The molecule has 1 rings (SSSR count). The van der Waals surface area contributed by atoms with Crippen molar-refractivity contribution >= 4 is 50.4 Å². The van der Waals surface area contributed by atoms with Crippen LogP contribution in [0.2, 0.25) is 0 Å². The number of rotatable bonds is 4. The third kappa shape index (κ3) is 4.45. The molecule has 0 aromatic heterocycles. The summed E-state index contributed by atoms with van der Waals surface area (Å²) >= 11 is 16.0. The highest BCUT2D eigenvalue weighted by atomic mass is 35.5. The molecular formula is C8H11Cl2NO3S2. The van der Waals surface area contributed by atoms with Crippen molar-refractivity contribution < 1.29 is 13.2 Å².